The van der Waals surface area contributed by atoms with Crippen LogP contribution in [0.5, 0.6) is 5.75 Å². The van der Waals surface area contributed by atoms with Crippen LogP contribution in [0.2, 0.25) is 0 Å². The Bertz CT molecular complexity index is 325. The highest BCUT2D eigenvalue weighted by Crippen LogP contribution is 2.21. The molecule has 1 aliphatic rings. The molecule has 2 rings (SSSR count). The molecule has 76 valence electrons. The Morgan fingerprint density at radius 2 is 1.93 bits per heavy atom. The SMILES string of the molecule is COc1ccc2c(c1)CCN([O-])CC2. The van der Waals surface area contributed by atoms with E-state index in [9.17, 15) is 5.21 Å². The molecule has 1 aliphatic heterocycles. The first kappa shape index (κ1) is 9.49. The van der Waals surface area contributed by atoms with E-state index in [1.165, 1.54) is 11.1 Å². The molecule has 0 fully saturated rings. The first-order valence-corrected chi connectivity index (χ1v) is 4.87. The van der Waals surface area contributed by atoms with Crippen LogP contribution in [0.1, 0.15) is 11.1 Å². The van der Waals surface area contributed by atoms with E-state index in [-0.39, 0.29) is 0 Å². The zero-order chi connectivity index (χ0) is 9.97. The van der Waals surface area contributed by atoms with Gasteiger partial charge in [0.05, 0.1) is 7.11 Å². The lowest BCUT2D eigenvalue weighted by Crippen LogP contribution is -2.18. The van der Waals surface area contributed by atoms with Crippen molar-refractivity contribution in [3.63, 3.8) is 0 Å². The molecule has 0 atom stereocenters. The summed E-state index contributed by atoms with van der Waals surface area (Å²) in [5, 5.41) is 12.3. The molecule has 0 unspecified atom stereocenters. The molecule has 0 aliphatic carbocycles. The van der Waals surface area contributed by atoms with Gasteiger partial charge in [0, 0.05) is 0 Å². The van der Waals surface area contributed by atoms with Gasteiger partial charge >= 0.3 is 0 Å². The van der Waals surface area contributed by atoms with Crippen LogP contribution in [0.15, 0.2) is 18.2 Å². The molecule has 0 N–H and O–H groups in total. The maximum absolute atomic E-state index is 11.2. The van der Waals surface area contributed by atoms with E-state index in [1.54, 1.807) is 7.11 Å². The Kier molecular flexibility index (Phi) is 2.70. The number of hydroxylamine groups is 2. The van der Waals surface area contributed by atoms with Crippen LogP contribution in [-0.4, -0.2) is 25.3 Å². The first-order valence-electron chi connectivity index (χ1n) is 4.87. The van der Waals surface area contributed by atoms with Gasteiger partial charge in [0.1, 0.15) is 5.75 Å². The quantitative estimate of drug-likeness (QED) is 0.678. The summed E-state index contributed by atoms with van der Waals surface area (Å²) in [5.41, 5.74) is 2.53. The Morgan fingerprint density at radius 3 is 2.64 bits per heavy atom. The van der Waals surface area contributed by atoms with Crippen LogP contribution in [0.3, 0.4) is 0 Å². The zero-order valence-corrected chi connectivity index (χ0v) is 8.32. The normalized spacial score (nSPS) is 17.3. The fraction of sp³-hybridized carbons (Fsp3) is 0.455. The van der Waals surface area contributed by atoms with Crippen LogP contribution in [-0.2, 0) is 12.8 Å². The third kappa shape index (κ3) is 1.89. The highest BCUT2D eigenvalue weighted by Gasteiger charge is 2.09. The fourth-order valence-corrected chi connectivity index (χ4v) is 1.81. The second-order valence-corrected chi connectivity index (χ2v) is 3.56. The van der Waals surface area contributed by atoms with Gasteiger partial charge in [0.25, 0.3) is 0 Å². The number of hydrogen-bond donors (Lipinski definition) is 0. The molecular formula is C11H14NO2-. The van der Waals surface area contributed by atoms with Crippen LogP contribution in [0.25, 0.3) is 0 Å². The van der Waals surface area contributed by atoms with E-state index in [0.29, 0.717) is 13.1 Å². The minimum Gasteiger partial charge on any atom is -0.785 e. The van der Waals surface area contributed by atoms with E-state index in [2.05, 4.69) is 6.07 Å². The van der Waals surface area contributed by atoms with Crippen molar-refractivity contribution in [1.29, 1.82) is 0 Å². The minimum atomic E-state index is 0.597. The summed E-state index contributed by atoms with van der Waals surface area (Å²) in [6.45, 7) is 1.21. The summed E-state index contributed by atoms with van der Waals surface area (Å²) in [4.78, 5) is 0. The molecule has 0 bridgehead atoms. The van der Waals surface area contributed by atoms with Gasteiger partial charge in [-0.3, -0.25) is 0 Å². The summed E-state index contributed by atoms with van der Waals surface area (Å²) in [7, 11) is 1.67. The van der Waals surface area contributed by atoms with E-state index in [4.69, 9.17) is 4.74 Å². The summed E-state index contributed by atoms with van der Waals surface area (Å²) >= 11 is 0. The molecule has 3 nitrogen and oxygen atoms in total. The molecule has 1 aromatic carbocycles. The molecule has 0 spiro atoms. The number of benzene rings is 1. The van der Waals surface area contributed by atoms with Crippen molar-refractivity contribution in [3.05, 3.63) is 34.5 Å². The van der Waals surface area contributed by atoms with Crippen molar-refractivity contribution >= 4 is 0 Å². The summed E-state index contributed by atoms with van der Waals surface area (Å²) in [6.07, 6.45) is 1.68. The molecule has 3 heteroatoms. The van der Waals surface area contributed by atoms with E-state index >= 15 is 0 Å². The number of rotatable bonds is 1. The van der Waals surface area contributed by atoms with Crippen molar-refractivity contribution in [3.8, 4) is 5.75 Å². The highest BCUT2D eigenvalue weighted by atomic mass is 16.5. The average Bonchev–Trinajstić information content (AvgIpc) is 2.40. The second-order valence-electron chi connectivity index (χ2n) is 3.56. The van der Waals surface area contributed by atoms with Gasteiger partial charge < -0.3 is 15.0 Å². The van der Waals surface area contributed by atoms with Gasteiger partial charge in [-0.05, 0) is 49.2 Å². The largest absolute Gasteiger partial charge is 0.785 e. The van der Waals surface area contributed by atoms with Gasteiger partial charge in [-0.15, -0.1) is 0 Å². The van der Waals surface area contributed by atoms with Crippen LogP contribution < -0.4 is 4.74 Å². The monoisotopic (exact) mass is 192 g/mol. The number of methoxy groups -OCH3 is 1. The number of hydrogen-bond acceptors (Lipinski definition) is 3. The Balaban J connectivity index is 2.27. The predicted molar refractivity (Wildman–Crippen MR) is 55.3 cm³/mol. The standard InChI is InChI=1S/C11H14NO2/c1-14-11-3-2-9-4-6-12(13)7-5-10(9)8-11/h2-3,8H,4-7H2,1H3/q-1. The van der Waals surface area contributed by atoms with Crippen LogP contribution in [0.4, 0.5) is 0 Å². The topological polar surface area (TPSA) is 35.5 Å². The molecule has 14 heavy (non-hydrogen) atoms. The molecule has 1 aromatic rings. The molecular weight excluding hydrogens is 178 g/mol. The Hall–Kier alpha value is -1.06. The van der Waals surface area contributed by atoms with Gasteiger partial charge in [-0.2, -0.15) is 0 Å². The van der Waals surface area contributed by atoms with Crippen LogP contribution in [0, 0.1) is 5.21 Å². The van der Waals surface area contributed by atoms with Crippen LogP contribution >= 0.6 is 0 Å². The summed E-state index contributed by atoms with van der Waals surface area (Å²) in [6, 6.07) is 6.06. The third-order valence-electron chi connectivity index (χ3n) is 2.67. The second kappa shape index (κ2) is 3.98. The number of fused-ring (bicyclic) bond motifs is 1. The van der Waals surface area contributed by atoms with Gasteiger partial charge in [0.15, 0.2) is 0 Å². The molecule has 0 saturated carbocycles. The molecule has 1 heterocycles. The first-order chi connectivity index (χ1) is 6.79. The average molecular weight is 192 g/mol. The molecule has 0 amide bonds. The summed E-state index contributed by atoms with van der Waals surface area (Å²) < 4.78 is 5.16. The van der Waals surface area contributed by atoms with Crippen molar-refractivity contribution in [2.75, 3.05) is 20.2 Å². The lowest BCUT2D eigenvalue weighted by Gasteiger charge is -2.25. The zero-order valence-electron chi connectivity index (χ0n) is 8.32. The molecule has 0 aromatic heterocycles. The molecule has 0 radical (unpaired) electrons. The number of nitrogens with zero attached hydrogens (tertiary/aromatic N) is 1. The smallest absolute Gasteiger partial charge is 0.119 e. The highest BCUT2D eigenvalue weighted by molar-refractivity contribution is 5.36. The van der Waals surface area contributed by atoms with E-state index < -0.39 is 0 Å². The van der Waals surface area contributed by atoms with Crippen molar-refractivity contribution < 1.29 is 4.74 Å². The Morgan fingerprint density at radius 1 is 1.21 bits per heavy atom. The van der Waals surface area contributed by atoms with E-state index in [1.807, 2.05) is 12.1 Å². The third-order valence-corrected chi connectivity index (χ3v) is 2.67. The summed E-state index contributed by atoms with van der Waals surface area (Å²) in [5.74, 6) is 0.878. The lowest BCUT2D eigenvalue weighted by atomic mass is 10.0. The van der Waals surface area contributed by atoms with Crippen molar-refractivity contribution in [2.45, 2.75) is 12.8 Å². The fourth-order valence-electron chi connectivity index (χ4n) is 1.81. The maximum atomic E-state index is 11.2. The van der Waals surface area contributed by atoms with Gasteiger partial charge in [-0.25, -0.2) is 0 Å². The Labute approximate surface area is 83.9 Å². The number of ether oxygens (including phenoxy) is 1. The van der Waals surface area contributed by atoms with Gasteiger partial charge in [0.2, 0.25) is 0 Å². The predicted octanol–water partition coefficient (Wildman–Crippen LogP) is 1.59. The van der Waals surface area contributed by atoms with Crippen molar-refractivity contribution in [2.24, 2.45) is 0 Å². The minimum absolute atomic E-state index is 0.597. The van der Waals surface area contributed by atoms with Gasteiger partial charge in [-0.1, -0.05) is 6.07 Å². The van der Waals surface area contributed by atoms with Crippen molar-refractivity contribution in [1.82, 2.24) is 5.06 Å². The van der Waals surface area contributed by atoms with E-state index in [0.717, 1.165) is 23.7 Å². The molecule has 0 saturated heterocycles. The lowest BCUT2D eigenvalue weighted by molar-refractivity contribution is 0.397. The maximum Gasteiger partial charge on any atom is 0.119 e.